The molecule has 0 bridgehead atoms. The predicted octanol–water partition coefficient (Wildman–Crippen LogP) is 2.42. The molecule has 0 fully saturated rings. The molecule has 4 heteroatoms. The van der Waals surface area contributed by atoms with Crippen molar-refractivity contribution in [1.82, 2.24) is 0 Å². The molecule has 0 saturated heterocycles. The minimum absolute atomic E-state index is 0.178. The van der Waals surface area contributed by atoms with E-state index in [-0.39, 0.29) is 11.7 Å². The average molecular weight is 240 g/mol. The number of benzene rings is 1. The first-order chi connectivity index (χ1) is 8.56. The van der Waals surface area contributed by atoms with Crippen LogP contribution in [-0.2, 0) is 9.53 Å². The Bertz CT molecular complexity index is 560. The van der Waals surface area contributed by atoms with Crippen molar-refractivity contribution in [2.75, 3.05) is 0 Å². The number of hydrogen-bond acceptors (Lipinski definition) is 4. The fraction of sp³-hybridized carbons (Fsp3) is 0.214. The smallest absolute Gasteiger partial charge is 0.332 e. The lowest BCUT2D eigenvalue weighted by Crippen LogP contribution is -2.09. The number of allylic oxidation sites excluding steroid dienone is 1. The first-order valence-corrected chi connectivity index (χ1v) is 5.39. The highest BCUT2D eigenvalue weighted by Crippen LogP contribution is 2.15. The number of hydrogen-bond donors (Lipinski definition) is 0. The highest BCUT2D eigenvalue weighted by atomic mass is 16.5. The number of carbonyl (C=O) groups is 1. The number of rotatable bonds is 3. The van der Waals surface area contributed by atoms with E-state index >= 15 is 0 Å². The summed E-state index contributed by atoms with van der Waals surface area (Å²) < 4.78 is 4.93. The molecule has 0 radical (unpaired) electrons. The van der Waals surface area contributed by atoms with Crippen LogP contribution in [0, 0.1) is 22.7 Å². The third kappa shape index (κ3) is 3.77. The van der Waals surface area contributed by atoms with Gasteiger partial charge in [-0.15, -0.1) is 0 Å². The van der Waals surface area contributed by atoms with Crippen molar-refractivity contribution in [3.8, 4) is 12.1 Å². The van der Waals surface area contributed by atoms with Crippen LogP contribution < -0.4 is 0 Å². The number of esters is 1. The summed E-state index contributed by atoms with van der Waals surface area (Å²) >= 11 is 0. The van der Waals surface area contributed by atoms with Crippen molar-refractivity contribution in [3.05, 3.63) is 41.5 Å². The third-order valence-corrected chi connectivity index (χ3v) is 2.04. The number of nitrogens with zero attached hydrogens (tertiary/aromatic N) is 2. The van der Waals surface area contributed by atoms with Crippen LogP contribution in [0.3, 0.4) is 0 Å². The molecule has 1 aromatic rings. The Morgan fingerprint density at radius 2 is 2.11 bits per heavy atom. The van der Waals surface area contributed by atoms with Gasteiger partial charge in [0, 0.05) is 6.08 Å². The molecular weight excluding hydrogens is 228 g/mol. The number of carbonyl (C=O) groups excluding carboxylic acids is 1. The van der Waals surface area contributed by atoms with Crippen molar-refractivity contribution in [1.29, 1.82) is 10.5 Å². The molecule has 0 saturated carbocycles. The van der Waals surface area contributed by atoms with Gasteiger partial charge in [-0.1, -0.05) is 12.1 Å². The molecule has 1 aromatic carbocycles. The highest BCUT2D eigenvalue weighted by Gasteiger charge is 2.07. The van der Waals surface area contributed by atoms with Crippen LogP contribution in [0.25, 0.3) is 5.57 Å². The molecule has 0 atom stereocenters. The second-order valence-electron chi connectivity index (χ2n) is 3.85. The Kier molecular flexibility index (Phi) is 4.66. The van der Waals surface area contributed by atoms with Crippen LogP contribution in [0.5, 0.6) is 0 Å². The van der Waals surface area contributed by atoms with Gasteiger partial charge in [-0.2, -0.15) is 10.5 Å². The molecule has 0 heterocycles. The van der Waals surface area contributed by atoms with E-state index in [1.165, 1.54) is 0 Å². The molecule has 18 heavy (non-hydrogen) atoms. The topological polar surface area (TPSA) is 73.9 Å². The molecule has 0 unspecified atom stereocenters. The Balaban J connectivity index is 3.04. The normalized spacial score (nSPS) is 10.6. The largest absolute Gasteiger partial charge is 0.460 e. The molecule has 0 aliphatic heterocycles. The van der Waals surface area contributed by atoms with Gasteiger partial charge in [-0.3, -0.25) is 0 Å². The van der Waals surface area contributed by atoms with Crippen LogP contribution in [0.2, 0.25) is 0 Å². The summed E-state index contributed by atoms with van der Waals surface area (Å²) in [6.45, 7) is 3.46. The SMILES string of the molecule is CC(C)OC(=O)C=C(C#N)c1cccc(C#N)c1. The molecule has 0 aromatic heterocycles. The van der Waals surface area contributed by atoms with Crippen LogP contribution in [-0.4, -0.2) is 12.1 Å². The van der Waals surface area contributed by atoms with Gasteiger partial charge >= 0.3 is 5.97 Å². The first kappa shape index (κ1) is 13.5. The molecule has 1 rings (SSSR count). The molecular formula is C14H12N2O2. The fourth-order valence-electron chi connectivity index (χ4n) is 1.32. The monoisotopic (exact) mass is 240 g/mol. The molecule has 0 N–H and O–H groups in total. The zero-order chi connectivity index (χ0) is 13.5. The minimum Gasteiger partial charge on any atom is -0.460 e. The summed E-state index contributed by atoms with van der Waals surface area (Å²) in [7, 11) is 0. The fourth-order valence-corrected chi connectivity index (χ4v) is 1.32. The van der Waals surface area contributed by atoms with Crippen molar-refractivity contribution in [3.63, 3.8) is 0 Å². The van der Waals surface area contributed by atoms with E-state index < -0.39 is 5.97 Å². The van der Waals surface area contributed by atoms with Crippen LogP contribution in [0.15, 0.2) is 30.3 Å². The Morgan fingerprint density at radius 3 is 2.67 bits per heavy atom. The quantitative estimate of drug-likeness (QED) is 0.462. The molecule has 0 amide bonds. The summed E-state index contributed by atoms with van der Waals surface area (Å²) in [5.41, 5.74) is 1.14. The zero-order valence-electron chi connectivity index (χ0n) is 10.2. The standard InChI is InChI=1S/C14H12N2O2/c1-10(2)18-14(17)7-13(9-16)12-5-3-4-11(6-12)8-15/h3-7,10H,1-2H3. The maximum absolute atomic E-state index is 11.4. The van der Waals surface area contributed by atoms with Gasteiger partial charge in [0.15, 0.2) is 0 Å². The Morgan fingerprint density at radius 1 is 1.39 bits per heavy atom. The summed E-state index contributed by atoms with van der Waals surface area (Å²) in [5.74, 6) is -0.566. The van der Waals surface area contributed by atoms with Gasteiger partial charge in [0.05, 0.1) is 23.3 Å². The van der Waals surface area contributed by atoms with Crippen LogP contribution in [0.1, 0.15) is 25.0 Å². The van der Waals surface area contributed by atoms with Crippen molar-refractivity contribution < 1.29 is 9.53 Å². The van der Waals surface area contributed by atoms with Gasteiger partial charge in [-0.05, 0) is 31.5 Å². The van der Waals surface area contributed by atoms with Gasteiger partial charge in [-0.25, -0.2) is 4.79 Å². The number of nitriles is 2. The Labute approximate surface area is 106 Å². The maximum atomic E-state index is 11.4. The zero-order valence-corrected chi connectivity index (χ0v) is 10.2. The van der Waals surface area contributed by atoms with E-state index in [0.29, 0.717) is 11.1 Å². The minimum atomic E-state index is -0.566. The van der Waals surface area contributed by atoms with Crippen LogP contribution >= 0.6 is 0 Å². The van der Waals surface area contributed by atoms with Crippen molar-refractivity contribution in [2.24, 2.45) is 0 Å². The van der Waals surface area contributed by atoms with E-state index in [1.54, 1.807) is 38.1 Å². The highest BCUT2D eigenvalue weighted by molar-refractivity contribution is 5.95. The summed E-state index contributed by atoms with van der Waals surface area (Å²) in [6.07, 6.45) is 0.898. The molecule has 0 aliphatic carbocycles. The van der Waals surface area contributed by atoms with E-state index in [9.17, 15) is 4.79 Å². The summed E-state index contributed by atoms with van der Waals surface area (Å²) in [4.78, 5) is 11.4. The molecule has 0 aliphatic rings. The van der Waals surface area contributed by atoms with E-state index in [0.717, 1.165) is 6.08 Å². The van der Waals surface area contributed by atoms with Crippen LogP contribution in [0.4, 0.5) is 0 Å². The second-order valence-corrected chi connectivity index (χ2v) is 3.85. The van der Waals surface area contributed by atoms with Gasteiger partial charge < -0.3 is 4.74 Å². The van der Waals surface area contributed by atoms with E-state index in [2.05, 4.69) is 0 Å². The first-order valence-electron chi connectivity index (χ1n) is 5.39. The maximum Gasteiger partial charge on any atom is 0.332 e. The second kappa shape index (κ2) is 6.22. The Hall–Kier alpha value is -2.59. The van der Waals surface area contributed by atoms with Crippen molar-refractivity contribution >= 4 is 11.5 Å². The molecule has 4 nitrogen and oxygen atoms in total. The van der Waals surface area contributed by atoms with E-state index in [4.69, 9.17) is 15.3 Å². The molecule has 0 spiro atoms. The molecule has 90 valence electrons. The van der Waals surface area contributed by atoms with Gasteiger partial charge in [0.2, 0.25) is 0 Å². The van der Waals surface area contributed by atoms with E-state index in [1.807, 2.05) is 12.1 Å². The lowest BCUT2D eigenvalue weighted by Gasteiger charge is -2.05. The van der Waals surface area contributed by atoms with Gasteiger partial charge in [0.25, 0.3) is 0 Å². The lowest BCUT2D eigenvalue weighted by molar-refractivity contribution is -0.141. The summed E-state index contributed by atoms with van der Waals surface area (Å²) in [5, 5.41) is 17.8. The average Bonchev–Trinajstić information content (AvgIpc) is 2.35. The number of ether oxygens (including phenoxy) is 1. The predicted molar refractivity (Wildman–Crippen MR) is 66.0 cm³/mol. The summed E-state index contributed by atoms with van der Waals surface area (Å²) in [6, 6.07) is 10.4. The van der Waals surface area contributed by atoms with Crippen molar-refractivity contribution in [2.45, 2.75) is 20.0 Å². The van der Waals surface area contributed by atoms with Gasteiger partial charge in [0.1, 0.15) is 6.07 Å². The third-order valence-electron chi connectivity index (χ3n) is 2.04. The lowest BCUT2D eigenvalue weighted by atomic mass is 10.0.